The van der Waals surface area contributed by atoms with E-state index in [0.29, 0.717) is 27.3 Å². The number of aromatic nitrogens is 3. The largest absolute Gasteiger partial charge is 0.467 e. The molecule has 3 aromatic rings. The molecule has 0 radical (unpaired) electrons. The lowest BCUT2D eigenvalue weighted by Crippen LogP contribution is -2.43. The van der Waals surface area contributed by atoms with Crippen molar-refractivity contribution in [2.24, 2.45) is 0 Å². The van der Waals surface area contributed by atoms with Crippen molar-refractivity contribution < 1.29 is 28.2 Å². The molecule has 1 aromatic heterocycles. The second-order valence-corrected chi connectivity index (χ2v) is 11.2. The summed E-state index contributed by atoms with van der Waals surface area (Å²) in [4.78, 5) is 39.8. The number of ether oxygens (including phenoxy) is 3. The molecule has 2 aromatic carbocycles. The molecule has 3 rings (SSSR count). The number of benzene rings is 2. The fraction of sp³-hybridized carbons (Fsp3) is 0.393. The number of hydrogen-bond donors (Lipinski definition) is 0. The minimum Gasteiger partial charge on any atom is -0.467 e. The first-order chi connectivity index (χ1) is 18.1. The van der Waals surface area contributed by atoms with Crippen molar-refractivity contribution in [3.8, 4) is 28.8 Å². The highest BCUT2D eigenvalue weighted by Crippen LogP contribution is 2.30. The summed E-state index contributed by atoms with van der Waals surface area (Å²) in [7, 11) is 1.40. The van der Waals surface area contributed by atoms with Gasteiger partial charge in [0.15, 0.2) is 11.6 Å². The fourth-order valence-electron chi connectivity index (χ4n) is 3.29. The summed E-state index contributed by atoms with van der Waals surface area (Å²) in [5.74, 6) is -0.0649. The van der Waals surface area contributed by atoms with Crippen LogP contribution in [0.5, 0.6) is 6.01 Å². The lowest BCUT2D eigenvalue weighted by Gasteiger charge is -2.28. The van der Waals surface area contributed by atoms with Gasteiger partial charge in [0.25, 0.3) is 0 Å². The van der Waals surface area contributed by atoms with Crippen LogP contribution in [0.15, 0.2) is 36.4 Å². The van der Waals surface area contributed by atoms with Crippen molar-refractivity contribution >= 4 is 23.8 Å². The molecule has 1 heterocycles. The van der Waals surface area contributed by atoms with Crippen molar-refractivity contribution in [1.82, 2.24) is 19.9 Å². The monoisotopic (exact) mass is 558 g/mol. The average Bonchev–Trinajstić information content (AvgIpc) is 2.82. The van der Waals surface area contributed by atoms with E-state index in [-0.39, 0.29) is 24.2 Å². The van der Waals surface area contributed by atoms with Crippen LogP contribution < -0.4 is 4.74 Å². The van der Waals surface area contributed by atoms with E-state index in [2.05, 4.69) is 15.0 Å². The number of amides is 2. The normalized spacial score (nSPS) is 11.6. The third-order valence-electron chi connectivity index (χ3n) is 5.07. The maximum Gasteiger partial charge on any atom is 0.420 e. The maximum absolute atomic E-state index is 14.2. The van der Waals surface area contributed by atoms with E-state index >= 15 is 0 Å². The van der Waals surface area contributed by atoms with Gasteiger partial charge in [-0.15, -0.1) is 0 Å². The van der Waals surface area contributed by atoms with Crippen LogP contribution in [-0.2, 0) is 16.0 Å². The molecule has 0 saturated heterocycles. The van der Waals surface area contributed by atoms with Crippen LogP contribution in [0.4, 0.5) is 14.0 Å². The Labute approximate surface area is 232 Å². The number of hydrogen-bond acceptors (Lipinski definition) is 8. The Hall–Kier alpha value is -3.79. The summed E-state index contributed by atoms with van der Waals surface area (Å²) in [6, 6.07) is 9.52. The standard InChI is InChI=1S/C28H32ClFN4O5/c1-16-9-11-18(14-21(16)30)22-31-23(33-24(32-22)37-8)19-13-17(10-12-20(19)29)15-34(25(35)38-27(2,3)4)26(36)39-28(5,6)7/h9-14H,15H2,1-8H3. The Bertz CT molecular complexity index is 1360. The first-order valence-electron chi connectivity index (χ1n) is 12.1. The van der Waals surface area contributed by atoms with Gasteiger partial charge >= 0.3 is 18.2 Å². The molecule has 208 valence electrons. The van der Waals surface area contributed by atoms with Gasteiger partial charge in [0.05, 0.1) is 18.7 Å². The third-order valence-corrected chi connectivity index (χ3v) is 5.40. The quantitative estimate of drug-likeness (QED) is 0.330. The van der Waals surface area contributed by atoms with E-state index in [1.807, 2.05) is 0 Å². The van der Waals surface area contributed by atoms with E-state index in [0.717, 1.165) is 4.90 Å². The van der Waals surface area contributed by atoms with Crippen LogP contribution in [0, 0.1) is 12.7 Å². The highest BCUT2D eigenvalue weighted by molar-refractivity contribution is 6.33. The van der Waals surface area contributed by atoms with Crippen molar-refractivity contribution in [2.45, 2.75) is 66.2 Å². The molecule has 39 heavy (non-hydrogen) atoms. The van der Waals surface area contributed by atoms with Gasteiger partial charge in [-0.05, 0) is 77.8 Å². The number of aryl methyl sites for hydroxylation is 1. The minimum absolute atomic E-state index is 0.00147. The highest BCUT2D eigenvalue weighted by atomic mass is 35.5. The Morgan fingerprint density at radius 1 is 0.897 bits per heavy atom. The molecule has 0 bridgehead atoms. The number of halogens is 2. The lowest BCUT2D eigenvalue weighted by atomic mass is 10.1. The molecule has 0 saturated carbocycles. The molecule has 11 heteroatoms. The van der Waals surface area contributed by atoms with Crippen molar-refractivity contribution in [3.63, 3.8) is 0 Å². The molecular formula is C28H32ClFN4O5. The van der Waals surface area contributed by atoms with E-state index in [9.17, 15) is 14.0 Å². The van der Waals surface area contributed by atoms with E-state index in [4.69, 9.17) is 25.8 Å². The summed E-state index contributed by atoms with van der Waals surface area (Å²) in [6.45, 7) is 11.7. The Morgan fingerprint density at radius 3 is 2.03 bits per heavy atom. The maximum atomic E-state index is 14.2. The van der Waals surface area contributed by atoms with Crippen molar-refractivity contribution in [1.29, 1.82) is 0 Å². The number of methoxy groups -OCH3 is 1. The third kappa shape index (κ3) is 8.10. The van der Waals surface area contributed by atoms with Gasteiger partial charge in [0.2, 0.25) is 0 Å². The van der Waals surface area contributed by atoms with Gasteiger partial charge in [0, 0.05) is 11.1 Å². The summed E-state index contributed by atoms with van der Waals surface area (Å²) in [5.41, 5.74) is 0.139. The molecular weight excluding hydrogens is 527 g/mol. The molecule has 0 unspecified atom stereocenters. The Morgan fingerprint density at radius 2 is 1.49 bits per heavy atom. The molecule has 0 aliphatic rings. The summed E-state index contributed by atoms with van der Waals surface area (Å²) < 4.78 is 30.4. The van der Waals surface area contributed by atoms with Crippen molar-refractivity contribution in [2.75, 3.05) is 7.11 Å². The van der Waals surface area contributed by atoms with E-state index in [1.54, 1.807) is 78.8 Å². The summed E-state index contributed by atoms with van der Waals surface area (Å²) in [6.07, 6.45) is -1.72. The van der Waals surface area contributed by atoms with Gasteiger partial charge in [-0.2, -0.15) is 9.97 Å². The Balaban J connectivity index is 2.04. The first-order valence-corrected chi connectivity index (χ1v) is 12.5. The smallest absolute Gasteiger partial charge is 0.420 e. The van der Waals surface area contributed by atoms with Crippen LogP contribution >= 0.6 is 11.6 Å². The van der Waals surface area contributed by atoms with Gasteiger partial charge in [0.1, 0.15) is 17.0 Å². The van der Waals surface area contributed by atoms with Gasteiger partial charge in [-0.25, -0.2) is 23.9 Å². The van der Waals surface area contributed by atoms with Crippen molar-refractivity contribution in [3.05, 3.63) is 58.4 Å². The topological polar surface area (TPSA) is 104 Å². The summed E-state index contributed by atoms with van der Waals surface area (Å²) >= 11 is 6.51. The molecule has 2 amide bonds. The number of carbonyl (C=O) groups excluding carboxylic acids is 2. The van der Waals surface area contributed by atoms with Crippen LogP contribution in [0.2, 0.25) is 5.02 Å². The zero-order valence-electron chi connectivity index (χ0n) is 23.3. The van der Waals surface area contributed by atoms with E-state index in [1.165, 1.54) is 13.2 Å². The van der Waals surface area contributed by atoms with Gasteiger partial charge in [-0.3, -0.25) is 0 Å². The summed E-state index contributed by atoms with van der Waals surface area (Å²) in [5, 5.41) is 0.300. The molecule has 0 N–H and O–H groups in total. The Kier molecular flexibility index (Phi) is 8.80. The number of nitrogens with zero attached hydrogens (tertiary/aromatic N) is 4. The predicted octanol–water partition coefficient (Wildman–Crippen LogP) is 6.99. The van der Waals surface area contributed by atoms with E-state index < -0.39 is 29.2 Å². The first kappa shape index (κ1) is 29.8. The SMILES string of the molecule is COc1nc(-c2ccc(C)c(F)c2)nc(-c2cc(CN(C(=O)OC(C)(C)C)C(=O)OC(C)(C)C)ccc2Cl)n1. The number of imide groups is 1. The average molecular weight is 559 g/mol. The van der Waals surface area contributed by atoms with Crippen LogP contribution in [0.3, 0.4) is 0 Å². The van der Waals surface area contributed by atoms with Gasteiger partial charge < -0.3 is 14.2 Å². The molecule has 0 atom stereocenters. The predicted molar refractivity (Wildman–Crippen MR) is 145 cm³/mol. The molecule has 0 aliphatic heterocycles. The van der Waals surface area contributed by atoms with Gasteiger partial charge in [-0.1, -0.05) is 29.8 Å². The van der Waals surface area contributed by atoms with Crippen LogP contribution in [-0.4, -0.2) is 50.4 Å². The van der Waals surface area contributed by atoms with Crippen LogP contribution in [0.25, 0.3) is 22.8 Å². The second-order valence-electron chi connectivity index (χ2n) is 10.8. The fourth-order valence-corrected chi connectivity index (χ4v) is 3.49. The molecule has 0 aliphatic carbocycles. The molecule has 0 spiro atoms. The number of carbonyl (C=O) groups is 2. The van der Waals surface area contributed by atoms with Crippen LogP contribution in [0.1, 0.15) is 52.7 Å². The lowest BCUT2D eigenvalue weighted by molar-refractivity contribution is -0.000251. The molecule has 9 nitrogen and oxygen atoms in total. The highest BCUT2D eigenvalue weighted by Gasteiger charge is 2.31. The zero-order chi connectivity index (χ0) is 29.1. The second kappa shape index (κ2) is 11.5. The minimum atomic E-state index is -0.862. The number of rotatable bonds is 5. The molecule has 0 fully saturated rings. The zero-order valence-corrected chi connectivity index (χ0v) is 24.0.